The molecule has 2 aliphatic rings. The van der Waals surface area contributed by atoms with Crippen LogP contribution in [-0.4, -0.2) is 21.0 Å². The zero-order chi connectivity index (χ0) is 20.1. The highest BCUT2D eigenvalue weighted by Gasteiger charge is 2.45. The molecule has 3 N–H and O–H groups in total. The third-order valence-corrected chi connectivity index (χ3v) is 5.56. The third-order valence-electron chi connectivity index (χ3n) is 5.21. The Kier molecular flexibility index (Phi) is 4.24. The van der Waals surface area contributed by atoms with Crippen molar-refractivity contribution in [1.82, 2.24) is 15.2 Å². The number of Topliss-reactive ketones (excluding diaryl/α,β-unsaturated/α-hetero) is 1. The van der Waals surface area contributed by atoms with Gasteiger partial charge in [0, 0.05) is 22.7 Å². The second-order valence-corrected chi connectivity index (χ2v) is 8.22. The average Bonchev–Trinajstić information content (AvgIpc) is 3.14. The van der Waals surface area contributed by atoms with Gasteiger partial charge in [-0.25, -0.2) is 5.10 Å². The summed E-state index contributed by atoms with van der Waals surface area (Å²) in [5, 5.41) is 17.1. The Bertz CT molecular complexity index is 1060. The number of aromatic amines is 1. The first-order valence-corrected chi connectivity index (χ1v) is 9.28. The molecule has 1 aliphatic carbocycles. The van der Waals surface area contributed by atoms with Crippen molar-refractivity contribution in [3.05, 3.63) is 63.8 Å². The van der Waals surface area contributed by atoms with Crippen molar-refractivity contribution in [1.29, 1.82) is 5.26 Å². The minimum atomic E-state index is -0.600. The summed E-state index contributed by atoms with van der Waals surface area (Å²) in [6, 6.07) is 9.44. The van der Waals surface area contributed by atoms with Gasteiger partial charge >= 0.3 is 0 Å². The minimum absolute atomic E-state index is 0.0130. The summed E-state index contributed by atoms with van der Waals surface area (Å²) in [7, 11) is 0. The molecule has 1 unspecified atom stereocenters. The normalized spacial score (nSPS) is 21.6. The van der Waals surface area contributed by atoms with Crippen LogP contribution in [0.1, 0.15) is 38.2 Å². The highest BCUT2D eigenvalue weighted by atomic mass is 35.5. The van der Waals surface area contributed by atoms with E-state index in [-0.39, 0.29) is 22.6 Å². The van der Waals surface area contributed by atoms with Crippen molar-refractivity contribution < 1.29 is 4.79 Å². The summed E-state index contributed by atoms with van der Waals surface area (Å²) in [5.41, 5.74) is 8.46. The number of nitrogens with one attached hydrogen (secondary N) is 1. The van der Waals surface area contributed by atoms with Crippen LogP contribution in [0.3, 0.4) is 0 Å². The molecular weight excluding hydrogens is 376 g/mol. The van der Waals surface area contributed by atoms with E-state index in [0.717, 1.165) is 5.70 Å². The molecule has 4 rings (SSSR count). The van der Waals surface area contributed by atoms with E-state index in [9.17, 15) is 10.1 Å². The van der Waals surface area contributed by atoms with Crippen LogP contribution in [0.4, 0.5) is 5.95 Å². The van der Waals surface area contributed by atoms with E-state index in [1.807, 2.05) is 32.0 Å². The fraction of sp³-hybridized carbons (Fsp3) is 0.300. The molecule has 0 saturated heterocycles. The van der Waals surface area contributed by atoms with Crippen LogP contribution in [0, 0.1) is 16.7 Å². The lowest BCUT2D eigenvalue weighted by molar-refractivity contribution is -0.118. The number of aromatic nitrogens is 3. The number of nitrogens with zero attached hydrogens (tertiary/aromatic N) is 4. The van der Waals surface area contributed by atoms with Crippen LogP contribution in [0.2, 0.25) is 5.02 Å². The zero-order valence-corrected chi connectivity index (χ0v) is 16.3. The number of hydrogen-bond donors (Lipinski definition) is 2. The number of anilines is 1. The first-order valence-electron chi connectivity index (χ1n) is 8.90. The summed E-state index contributed by atoms with van der Waals surface area (Å²) in [5.74, 6) is -0.00770. The van der Waals surface area contributed by atoms with E-state index in [4.69, 9.17) is 17.3 Å². The maximum absolute atomic E-state index is 13.3. The number of ketones is 1. The van der Waals surface area contributed by atoms with Gasteiger partial charge in [-0.2, -0.15) is 15.3 Å². The van der Waals surface area contributed by atoms with Crippen LogP contribution < -0.4 is 10.6 Å². The molecule has 2 aromatic rings. The number of allylic oxidation sites excluding steroid dienone is 3. The molecule has 0 fully saturated rings. The fourth-order valence-corrected chi connectivity index (χ4v) is 4.32. The van der Waals surface area contributed by atoms with Crippen LogP contribution in [0.5, 0.6) is 0 Å². The van der Waals surface area contributed by atoms with Gasteiger partial charge in [-0.05, 0) is 23.5 Å². The quantitative estimate of drug-likeness (QED) is 0.807. The Morgan fingerprint density at radius 3 is 2.75 bits per heavy atom. The molecule has 0 radical (unpaired) electrons. The predicted molar refractivity (Wildman–Crippen MR) is 105 cm³/mol. The third kappa shape index (κ3) is 2.77. The number of nitriles is 1. The molecule has 0 spiro atoms. The number of rotatable bonds is 2. The molecule has 1 atom stereocenters. The maximum atomic E-state index is 13.3. The van der Waals surface area contributed by atoms with Gasteiger partial charge in [-0.15, -0.1) is 0 Å². The summed E-state index contributed by atoms with van der Waals surface area (Å²) in [6.45, 7) is 4.08. The van der Waals surface area contributed by atoms with E-state index in [2.05, 4.69) is 21.3 Å². The molecule has 28 heavy (non-hydrogen) atoms. The Morgan fingerprint density at radius 2 is 2.11 bits per heavy atom. The van der Waals surface area contributed by atoms with Gasteiger partial charge in [-0.3, -0.25) is 9.69 Å². The van der Waals surface area contributed by atoms with Crippen molar-refractivity contribution >= 4 is 23.3 Å². The summed E-state index contributed by atoms with van der Waals surface area (Å²) < 4.78 is 0. The first-order chi connectivity index (χ1) is 13.3. The molecule has 2 heterocycles. The van der Waals surface area contributed by atoms with Crippen molar-refractivity contribution in [3.8, 4) is 6.07 Å². The first kappa shape index (κ1) is 18.3. The number of carbonyl (C=O) groups is 1. The van der Waals surface area contributed by atoms with Crippen LogP contribution in [-0.2, 0) is 4.79 Å². The topological polar surface area (TPSA) is 112 Å². The molecule has 0 saturated carbocycles. The molecular formula is C20H19ClN6O. The van der Waals surface area contributed by atoms with E-state index >= 15 is 0 Å². The summed E-state index contributed by atoms with van der Waals surface area (Å²) >= 11 is 6.45. The largest absolute Gasteiger partial charge is 0.384 e. The summed E-state index contributed by atoms with van der Waals surface area (Å²) in [6.07, 6.45) is 2.36. The van der Waals surface area contributed by atoms with Gasteiger partial charge in [0.2, 0.25) is 5.95 Å². The van der Waals surface area contributed by atoms with Gasteiger partial charge < -0.3 is 5.73 Å². The van der Waals surface area contributed by atoms with Gasteiger partial charge in [0.05, 0.1) is 17.6 Å². The van der Waals surface area contributed by atoms with Crippen molar-refractivity contribution in [2.24, 2.45) is 11.1 Å². The average molecular weight is 395 g/mol. The predicted octanol–water partition coefficient (Wildman–Crippen LogP) is 3.40. The van der Waals surface area contributed by atoms with Gasteiger partial charge in [0.15, 0.2) is 5.78 Å². The minimum Gasteiger partial charge on any atom is -0.384 e. The number of benzene rings is 1. The van der Waals surface area contributed by atoms with Crippen LogP contribution in [0.25, 0.3) is 0 Å². The molecule has 8 heteroatoms. The SMILES string of the molecule is CC1(C)CC(=O)C2=C(C1)N(c1ncn[nH]1)C(N)=C(C#N)C2c1ccccc1Cl. The highest BCUT2D eigenvalue weighted by molar-refractivity contribution is 6.31. The molecule has 0 amide bonds. The zero-order valence-electron chi connectivity index (χ0n) is 15.5. The maximum Gasteiger partial charge on any atom is 0.231 e. The van der Waals surface area contributed by atoms with E-state index in [1.54, 1.807) is 11.0 Å². The lowest BCUT2D eigenvalue weighted by atomic mass is 9.68. The summed E-state index contributed by atoms with van der Waals surface area (Å²) in [4.78, 5) is 19.1. The van der Waals surface area contributed by atoms with Gasteiger partial charge in [0.25, 0.3) is 0 Å². The Labute approximate surface area is 167 Å². The lowest BCUT2D eigenvalue weighted by Gasteiger charge is -2.42. The van der Waals surface area contributed by atoms with Crippen molar-refractivity contribution in [2.45, 2.75) is 32.6 Å². The molecule has 1 aromatic heterocycles. The standard InChI is InChI=1S/C20H19ClN6O/c1-20(2)7-14-17(15(28)8-20)16(11-5-3-4-6-13(11)21)12(9-22)18(23)27(14)19-24-10-25-26-19/h3-6,10,16H,7-8,23H2,1-2H3,(H,24,25,26). The Balaban J connectivity index is 2.02. The number of halogens is 1. The van der Waals surface area contributed by atoms with E-state index in [1.165, 1.54) is 6.33 Å². The fourth-order valence-electron chi connectivity index (χ4n) is 4.08. The van der Waals surface area contributed by atoms with Crippen molar-refractivity contribution in [3.63, 3.8) is 0 Å². The number of nitrogens with two attached hydrogens (primary N) is 1. The van der Waals surface area contributed by atoms with E-state index in [0.29, 0.717) is 34.9 Å². The van der Waals surface area contributed by atoms with E-state index < -0.39 is 5.92 Å². The smallest absolute Gasteiger partial charge is 0.231 e. The highest BCUT2D eigenvalue weighted by Crippen LogP contribution is 2.50. The van der Waals surface area contributed by atoms with Gasteiger partial charge in [-0.1, -0.05) is 43.6 Å². The molecule has 0 bridgehead atoms. The number of hydrogen-bond acceptors (Lipinski definition) is 6. The molecule has 1 aliphatic heterocycles. The van der Waals surface area contributed by atoms with Crippen LogP contribution >= 0.6 is 11.6 Å². The molecule has 142 valence electrons. The molecule has 1 aromatic carbocycles. The Hall–Kier alpha value is -3.11. The van der Waals surface area contributed by atoms with Crippen LogP contribution in [0.15, 0.2) is 53.3 Å². The molecule has 7 nitrogen and oxygen atoms in total. The number of H-pyrrole nitrogens is 1. The van der Waals surface area contributed by atoms with Crippen molar-refractivity contribution in [2.75, 3.05) is 4.90 Å². The van der Waals surface area contributed by atoms with Gasteiger partial charge in [0.1, 0.15) is 12.1 Å². The second kappa shape index (κ2) is 6.50. The lowest BCUT2D eigenvalue weighted by Crippen LogP contribution is -2.42. The Morgan fingerprint density at radius 1 is 1.36 bits per heavy atom. The monoisotopic (exact) mass is 394 g/mol. The number of carbonyl (C=O) groups excluding carboxylic acids is 1. The second-order valence-electron chi connectivity index (χ2n) is 7.81.